The van der Waals surface area contributed by atoms with Crippen molar-refractivity contribution in [3.8, 4) is 0 Å². The van der Waals surface area contributed by atoms with Gasteiger partial charge in [0, 0.05) is 10.7 Å². The maximum Gasteiger partial charge on any atom is 0.125 e. The Balaban J connectivity index is 1.85. The van der Waals surface area contributed by atoms with Gasteiger partial charge in [-0.2, -0.15) is 0 Å². The highest BCUT2D eigenvalue weighted by Gasteiger charge is 2.22. The topological polar surface area (TPSA) is 34.1 Å². The standard InChI is InChI=1S/C17H19BrN2O/c18-14-6-4-13(5-7-14)17(16-3-1-2-10-20-16)21-15-8-11-19-12-9-15/h1-7,10,15,17,19H,8-9,11-12H2. The van der Waals surface area contributed by atoms with Crippen LogP contribution in [0.1, 0.15) is 30.2 Å². The number of halogens is 1. The number of benzene rings is 1. The molecule has 1 fully saturated rings. The molecule has 4 heteroatoms. The Morgan fingerprint density at radius 2 is 1.86 bits per heavy atom. The molecular formula is C17H19BrN2O. The van der Waals surface area contributed by atoms with Crippen molar-refractivity contribution < 1.29 is 4.74 Å². The number of nitrogens with one attached hydrogen (secondary N) is 1. The van der Waals surface area contributed by atoms with Crippen LogP contribution in [0.15, 0.2) is 53.1 Å². The zero-order valence-electron chi connectivity index (χ0n) is 11.8. The molecular weight excluding hydrogens is 328 g/mol. The Bertz CT molecular complexity index is 553. The summed E-state index contributed by atoms with van der Waals surface area (Å²) in [7, 11) is 0. The van der Waals surface area contributed by atoms with Crippen molar-refractivity contribution in [2.24, 2.45) is 0 Å². The fourth-order valence-electron chi connectivity index (χ4n) is 2.61. The average molecular weight is 347 g/mol. The van der Waals surface area contributed by atoms with Gasteiger partial charge in [0.25, 0.3) is 0 Å². The Morgan fingerprint density at radius 3 is 2.52 bits per heavy atom. The molecule has 1 aromatic carbocycles. The van der Waals surface area contributed by atoms with Gasteiger partial charge >= 0.3 is 0 Å². The summed E-state index contributed by atoms with van der Waals surface area (Å²) >= 11 is 3.48. The van der Waals surface area contributed by atoms with E-state index in [9.17, 15) is 0 Å². The molecule has 1 saturated heterocycles. The van der Waals surface area contributed by atoms with E-state index < -0.39 is 0 Å². The lowest BCUT2D eigenvalue weighted by Gasteiger charge is -2.28. The summed E-state index contributed by atoms with van der Waals surface area (Å²) in [5.74, 6) is 0. The van der Waals surface area contributed by atoms with Crippen LogP contribution in [0.4, 0.5) is 0 Å². The summed E-state index contributed by atoms with van der Waals surface area (Å²) in [6.07, 6.45) is 4.14. The van der Waals surface area contributed by atoms with Crippen LogP contribution >= 0.6 is 15.9 Å². The predicted molar refractivity (Wildman–Crippen MR) is 87.2 cm³/mol. The molecule has 1 aliphatic rings. The molecule has 0 spiro atoms. The number of hydrogen-bond donors (Lipinski definition) is 1. The SMILES string of the molecule is Brc1ccc(C(OC2CCNCC2)c2ccccn2)cc1. The van der Waals surface area contributed by atoms with E-state index in [1.54, 1.807) is 0 Å². The number of ether oxygens (including phenoxy) is 1. The van der Waals surface area contributed by atoms with Crippen molar-refractivity contribution in [3.05, 3.63) is 64.4 Å². The molecule has 21 heavy (non-hydrogen) atoms. The minimum absolute atomic E-state index is 0.0950. The van der Waals surface area contributed by atoms with Crippen LogP contribution in [0.25, 0.3) is 0 Å². The quantitative estimate of drug-likeness (QED) is 0.916. The van der Waals surface area contributed by atoms with Gasteiger partial charge < -0.3 is 10.1 Å². The molecule has 1 aromatic heterocycles. The number of pyridine rings is 1. The van der Waals surface area contributed by atoms with Crippen molar-refractivity contribution in [2.45, 2.75) is 25.0 Å². The van der Waals surface area contributed by atoms with E-state index >= 15 is 0 Å². The summed E-state index contributed by atoms with van der Waals surface area (Å²) in [6.45, 7) is 2.06. The first-order valence-corrected chi connectivity index (χ1v) is 8.15. The van der Waals surface area contributed by atoms with Gasteiger partial charge in [0.15, 0.2) is 0 Å². The molecule has 1 unspecified atom stereocenters. The van der Waals surface area contributed by atoms with Gasteiger partial charge in [0.1, 0.15) is 6.10 Å². The van der Waals surface area contributed by atoms with E-state index in [2.05, 4.69) is 50.5 Å². The molecule has 0 amide bonds. The second-order valence-corrected chi connectivity index (χ2v) is 6.19. The third kappa shape index (κ3) is 3.90. The molecule has 0 aliphatic carbocycles. The Labute approximate surface area is 133 Å². The van der Waals surface area contributed by atoms with Crippen LogP contribution in [0.3, 0.4) is 0 Å². The molecule has 1 N–H and O–H groups in total. The third-order valence-electron chi connectivity index (χ3n) is 3.74. The molecule has 2 aromatic rings. The van der Waals surface area contributed by atoms with Crippen molar-refractivity contribution >= 4 is 15.9 Å². The van der Waals surface area contributed by atoms with Gasteiger partial charge in [-0.25, -0.2) is 0 Å². The van der Waals surface area contributed by atoms with Crippen molar-refractivity contribution in [2.75, 3.05) is 13.1 Å². The van der Waals surface area contributed by atoms with Crippen LogP contribution in [-0.2, 0) is 4.74 Å². The highest BCUT2D eigenvalue weighted by Crippen LogP contribution is 2.28. The van der Waals surface area contributed by atoms with E-state index in [-0.39, 0.29) is 6.10 Å². The molecule has 2 heterocycles. The fourth-order valence-corrected chi connectivity index (χ4v) is 2.88. The maximum atomic E-state index is 6.39. The highest BCUT2D eigenvalue weighted by atomic mass is 79.9. The molecule has 1 atom stereocenters. The molecule has 0 saturated carbocycles. The van der Waals surface area contributed by atoms with Gasteiger partial charge in [-0.05, 0) is 55.8 Å². The Kier molecular flexibility index (Phi) is 5.01. The summed E-state index contributed by atoms with van der Waals surface area (Å²) in [6, 6.07) is 14.3. The van der Waals surface area contributed by atoms with E-state index in [1.807, 2.05) is 24.4 Å². The van der Waals surface area contributed by atoms with Gasteiger partial charge in [-0.1, -0.05) is 34.1 Å². The van der Waals surface area contributed by atoms with Gasteiger partial charge in [-0.3, -0.25) is 4.98 Å². The van der Waals surface area contributed by atoms with Crippen LogP contribution in [0.2, 0.25) is 0 Å². The predicted octanol–water partition coefficient (Wildman–Crippen LogP) is 3.70. The highest BCUT2D eigenvalue weighted by molar-refractivity contribution is 9.10. The number of nitrogens with zero attached hydrogens (tertiary/aromatic N) is 1. The largest absolute Gasteiger partial charge is 0.364 e. The fraction of sp³-hybridized carbons (Fsp3) is 0.353. The van der Waals surface area contributed by atoms with Crippen molar-refractivity contribution in [1.82, 2.24) is 10.3 Å². The molecule has 1 aliphatic heterocycles. The molecule has 110 valence electrons. The first-order valence-electron chi connectivity index (χ1n) is 7.35. The second kappa shape index (κ2) is 7.16. The number of hydrogen-bond acceptors (Lipinski definition) is 3. The third-order valence-corrected chi connectivity index (χ3v) is 4.27. The van der Waals surface area contributed by atoms with Crippen LogP contribution < -0.4 is 5.32 Å². The lowest BCUT2D eigenvalue weighted by Crippen LogP contribution is -2.33. The van der Waals surface area contributed by atoms with Crippen LogP contribution in [0.5, 0.6) is 0 Å². The lowest BCUT2D eigenvalue weighted by molar-refractivity contribution is -0.00991. The van der Waals surface area contributed by atoms with Gasteiger partial charge in [0.2, 0.25) is 0 Å². The molecule has 0 bridgehead atoms. The zero-order valence-corrected chi connectivity index (χ0v) is 13.4. The number of aromatic nitrogens is 1. The average Bonchev–Trinajstić information content (AvgIpc) is 2.55. The van der Waals surface area contributed by atoms with Crippen LogP contribution in [0, 0.1) is 0 Å². The van der Waals surface area contributed by atoms with Crippen LogP contribution in [-0.4, -0.2) is 24.2 Å². The van der Waals surface area contributed by atoms with Gasteiger partial charge in [0.05, 0.1) is 11.8 Å². The smallest absolute Gasteiger partial charge is 0.125 e. The van der Waals surface area contributed by atoms with E-state index in [4.69, 9.17) is 4.74 Å². The van der Waals surface area contributed by atoms with E-state index in [0.29, 0.717) is 6.10 Å². The first-order chi connectivity index (χ1) is 10.3. The second-order valence-electron chi connectivity index (χ2n) is 5.27. The lowest BCUT2D eigenvalue weighted by atomic mass is 10.0. The van der Waals surface area contributed by atoms with Crippen molar-refractivity contribution in [1.29, 1.82) is 0 Å². The minimum atomic E-state index is -0.0950. The minimum Gasteiger partial charge on any atom is -0.364 e. The van der Waals surface area contributed by atoms with Gasteiger partial charge in [-0.15, -0.1) is 0 Å². The van der Waals surface area contributed by atoms with E-state index in [0.717, 1.165) is 41.7 Å². The summed E-state index contributed by atoms with van der Waals surface area (Å²) < 4.78 is 7.46. The Morgan fingerprint density at radius 1 is 1.10 bits per heavy atom. The number of rotatable bonds is 4. The van der Waals surface area contributed by atoms with E-state index in [1.165, 1.54) is 0 Å². The normalized spacial score (nSPS) is 17.6. The first kappa shape index (κ1) is 14.7. The Hall–Kier alpha value is -1.23. The monoisotopic (exact) mass is 346 g/mol. The summed E-state index contributed by atoms with van der Waals surface area (Å²) in [4.78, 5) is 4.49. The zero-order chi connectivity index (χ0) is 14.5. The molecule has 3 rings (SSSR count). The molecule has 3 nitrogen and oxygen atoms in total. The van der Waals surface area contributed by atoms with Crippen molar-refractivity contribution in [3.63, 3.8) is 0 Å². The maximum absolute atomic E-state index is 6.39. The summed E-state index contributed by atoms with van der Waals surface area (Å²) in [5.41, 5.74) is 2.12. The number of piperidine rings is 1. The summed E-state index contributed by atoms with van der Waals surface area (Å²) in [5, 5.41) is 3.37. The molecule has 0 radical (unpaired) electrons.